The van der Waals surface area contributed by atoms with Crippen molar-refractivity contribution in [2.24, 2.45) is 11.1 Å². The van der Waals surface area contributed by atoms with Gasteiger partial charge in [-0.3, -0.25) is 4.79 Å². The zero-order valence-corrected chi connectivity index (χ0v) is 12.2. The van der Waals surface area contributed by atoms with E-state index in [1.54, 1.807) is 0 Å². The van der Waals surface area contributed by atoms with Gasteiger partial charge in [-0.1, -0.05) is 54.6 Å². The van der Waals surface area contributed by atoms with Gasteiger partial charge >= 0.3 is 0 Å². The Morgan fingerprint density at radius 2 is 1.81 bits per heavy atom. The van der Waals surface area contributed by atoms with Crippen molar-refractivity contribution in [1.29, 1.82) is 0 Å². The predicted molar refractivity (Wildman–Crippen MR) is 87.8 cm³/mol. The van der Waals surface area contributed by atoms with E-state index in [-0.39, 0.29) is 11.2 Å². The highest BCUT2D eigenvalue weighted by Gasteiger charge is 2.30. The molecule has 2 N–H and O–H groups in total. The van der Waals surface area contributed by atoms with E-state index in [0.717, 1.165) is 12.8 Å². The zero-order chi connectivity index (χ0) is 15.3. The molecule has 0 radical (unpaired) electrons. The van der Waals surface area contributed by atoms with E-state index < -0.39 is 0 Å². The summed E-state index contributed by atoms with van der Waals surface area (Å²) in [6.45, 7) is 7.63. The average molecular weight is 279 g/mol. The van der Waals surface area contributed by atoms with E-state index in [4.69, 9.17) is 5.73 Å². The summed E-state index contributed by atoms with van der Waals surface area (Å²) in [6.07, 6.45) is 10.0. The molecule has 2 heteroatoms. The van der Waals surface area contributed by atoms with Gasteiger partial charge in [0.1, 0.15) is 0 Å². The van der Waals surface area contributed by atoms with Crippen molar-refractivity contribution < 1.29 is 4.79 Å². The fourth-order valence-corrected chi connectivity index (χ4v) is 2.81. The number of rotatable bonds is 6. The van der Waals surface area contributed by atoms with Gasteiger partial charge in [-0.05, 0) is 19.3 Å². The summed E-state index contributed by atoms with van der Waals surface area (Å²) in [4.78, 5) is 12.5. The summed E-state index contributed by atoms with van der Waals surface area (Å²) in [7, 11) is 0. The summed E-state index contributed by atoms with van der Waals surface area (Å²) in [5.74, 6) is -0.0184. The molecule has 1 aliphatic carbocycles. The summed E-state index contributed by atoms with van der Waals surface area (Å²) in [6, 6.07) is 9.23. The Morgan fingerprint density at radius 1 is 1.19 bits per heavy atom. The normalized spacial score (nSPS) is 16.6. The molecular weight excluding hydrogens is 258 g/mol. The van der Waals surface area contributed by atoms with Crippen molar-refractivity contribution in [2.45, 2.75) is 19.3 Å². The molecule has 1 aromatic carbocycles. The first-order valence-corrected chi connectivity index (χ1v) is 7.11. The first-order chi connectivity index (χ1) is 10.1. The SMILES string of the molecule is C=CCC1(CC=C)C=CC(C(=O)c2ccccc2)=C(N)C1. The quantitative estimate of drug-likeness (QED) is 0.627. The minimum atomic E-state index is -0.0892. The van der Waals surface area contributed by atoms with Crippen molar-refractivity contribution in [3.63, 3.8) is 0 Å². The standard InChI is InChI=1S/C19H21NO/c1-3-11-19(12-4-2)13-10-16(17(20)14-19)18(21)15-8-6-5-7-9-15/h3-10,13H,1-2,11-12,14,20H2. The first-order valence-electron chi connectivity index (χ1n) is 7.11. The maximum absolute atomic E-state index is 12.5. The van der Waals surface area contributed by atoms with Crippen LogP contribution in [-0.4, -0.2) is 5.78 Å². The van der Waals surface area contributed by atoms with Gasteiger partial charge < -0.3 is 5.73 Å². The van der Waals surface area contributed by atoms with Crippen LogP contribution in [0.25, 0.3) is 0 Å². The van der Waals surface area contributed by atoms with Gasteiger partial charge in [-0.15, -0.1) is 13.2 Å². The van der Waals surface area contributed by atoms with Crippen molar-refractivity contribution in [2.75, 3.05) is 0 Å². The van der Waals surface area contributed by atoms with Crippen molar-refractivity contribution in [1.82, 2.24) is 0 Å². The van der Waals surface area contributed by atoms with Crippen LogP contribution in [0.15, 0.2) is 79.1 Å². The molecule has 0 saturated heterocycles. The first kappa shape index (κ1) is 15.0. The van der Waals surface area contributed by atoms with Gasteiger partial charge in [0.25, 0.3) is 0 Å². The summed E-state index contributed by atoms with van der Waals surface area (Å²) in [5, 5.41) is 0. The third kappa shape index (κ3) is 3.22. The Hall–Kier alpha value is -2.35. The number of carbonyl (C=O) groups is 1. The Labute approximate surface area is 126 Å². The maximum atomic E-state index is 12.5. The van der Waals surface area contributed by atoms with Gasteiger partial charge in [0.05, 0.1) is 0 Å². The van der Waals surface area contributed by atoms with Gasteiger partial charge in [-0.2, -0.15) is 0 Å². The minimum absolute atomic E-state index is 0.0184. The molecule has 0 bridgehead atoms. The van der Waals surface area contributed by atoms with Gasteiger partial charge in [0, 0.05) is 22.2 Å². The molecule has 1 aromatic rings. The lowest BCUT2D eigenvalue weighted by Crippen LogP contribution is -2.25. The highest BCUT2D eigenvalue weighted by molar-refractivity contribution is 6.11. The average Bonchev–Trinajstić information content (AvgIpc) is 2.48. The third-order valence-corrected chi connectivity index (χ3v) is 3.87. The smallest absolute Gasteiger partial charge is 0.194 e. The van der Waals surface area contributed by atoms with E-state index >= 15 is 0 Å². The molecule has 0 heterocycles. The lowest BCUT2D eigenvalue weighted by molar-refractivity contribution is 0.103. The van der Waals surface area contributed by atoms with Gasteiger partial charge in [0.15, 0.2) is 5.78 Å². The molecular formula is C19H21NO. The molecule has 2 rings (SSSR count). The largest absolute Gasteiger partial charge is 0.401 e. The van der Waals surface area contributed by atoms with Crippen LogP contribution in [0, 0.1) is 5.41 Å². The van der Waals surface area contributed by atoms with Crippen LogP contribution in [-0.2, 0) is 0 Å². The molecule has 108 valence electrons. The molecule has 0 unspecified atom stereocenters. The Bertz CT molecular complexity index is 598. The molecule has 21 heavy (non-hydrogen) atoms. The second-order valence-corrected chi connectivity index (χ2v) is 5.49. The Balaban J connectivity index is 2.28. The van der Waals surface area contributed by atoms with Crippen LogP contribution < -0.4 is 5.73 Å². The number of benzene rings is 1. The second kappa shape index (κ2) is 6.40. The van der Waals surface area contributed by atoms with E-state index in [9.17, 15) is 4.79 Å². The van der Waals surface area contributed by atoms with E-state index in [2.05, 4.69) is 19.2 Å². The highest BCUT2D eigenvalue weighted by Crippen LogP contribution is 2.40. The van der Waals surface area contributed by atoms with Crippen LogP contribution in [0.2, 0.25) is 0 Å². The lowest BCUT2D eigenvalue weighted by Gasteiger charge is -2.32. The van der Waals surface area contributed by atoms with Crippen molar-refractivity contribution in [3.8, 4) is 0 Å². The summed E-state index contributed by atoms with van der Waals surface area (Å²) in [5.41, 5.74) is 8.02. The zero-order valence-electron chi connectivity index (χ0n) is 12.2. The van der Waals surface area contributed by atoms with Crippen LogP contribution in [0.4, 0.5) is 0 Å². The van der Waals surface area contributed by atoms with E-state index in [1.807, 2.05) is 48.6 Å². The number of ketones is 1. The molecule has 2 nitrogen and oxygen atoms in total. The highest BCUT2D eigenvalue weighted by atomic mass is 16.1. The fourth-order valence-electron chi connectivity index (χ4n) is 2.81. The number of hydrogen-bond acceptors (Lipinski definition) is 2. The molecule has 0 amide bonds. The van der Waals surface area contributed by atoms with Crippen LogP contribution in [0.5, 0.6) is 0 Å². The Kier molecular flexibility index (Phi) is 4.59. The minimum Gasteiger partial charge on any atom is -0.401 e. The van der Waals surface area contributed by atoms with Gasteiger partial charge in [-0.25, -0.2) is 0 Å². The van der Waals surface area contributed by atoms with Crippen LogP contribution in [0.1, 0.15) is 29.6 Å². The summed E-state index contributed by atoms with van der Waals surface area (Å²) < 4.78 is 0. The van der Waals surface area contributed by atoms with E-state index in [1.165, 1.54) is 0 Å². The number of Topliss-reactive ketones (excluding diaryl/α,β-unsaturated/α-hetero) is 1. The van der Waals surface area contributed by atoms with Crippen molar-refractivity contribution >= 4 is 5.78 Å². The van der Waals surface area contributed by atoms with Crippen molar-refractivity contribution in [3.05, 3.63) is 84.6 Å². The number of carbonyl (C=O) groups excluding carboxylic acids is 1. The number of hydrogen-bond donors (Lipinski definition) is 1. The topological polar surface area (TPSA) is 43.1 Å². The van der Waals surface area contributed by atoms with Crippen LogP contribution in [0.3, 0.4) is 0 Å². The predicted octanol–water partition coefficient (Wildman–Crippen LogP) is 4.18. The molecule has 0 aliphatic heterocycles. The van der Waals surface area contributed by atoms with Crippen LogP contribution >= 0.6 is 0 Å². The number of nitrogens with two attached hydrogens (primary N) is 1. The fraction of sp³-hybridized carbons (Fsp3) is 0.211. The Morgan fingerprint density at radius 3 is 2.33 bits per heavy atom. The molecule has 0 aromatic heterocycles. The molecule has 1 aliphatic rings. The molecule has 0 spiro atoms. The third-order valence-electron chi connectivity index (χ3n) is 3.87. The van der Waals surface area contributed by atoms with E-state index in [0.29, 0.717) is 23.3 Å². The maximum Gasteiger partial charge on any atom is 0.194 e. The molecule has 0 fully saturated rings. The summed E-state index contributed by atoms with van der Waals surface area (Å²) >= 11 is 0. The second-order valence-electron chi connectivity index (χ2n) is 5.49. The lowest BCUT2D eigenvalue weighted by atomic mass is 9.73. The number of allylic oxidation sites excluding steroid dienone is 6. The van der Waals surface area contributed by atoms with Gasteiger partial charge in [0.2, 0.25) is 0 Å². The molecule has 0 atom stereocenters. The molecule has 0 saturated carbocycles. The monoisotopic (exact) mass is 279 g/mol.